The number of rotatable bonds is 3. The second-order valence-corrected chi connectivity index (χ2v) is 9.40. The average molecular weight is 382 g/mol. The van der Waals surface area contributed by atoms with Gasteiger partial charge in [0, 0.05) is 34.0 Å². The number of fused-ring (bicyclic) bond motifs is 1. The van der Waals surface area contributed by atoms with E-state index in [2.05, 4.69) is 0 Å². The van der Waals surface area contributed by atoms with E-state index in [4.69, 9.17) is 11.6 Å². The standard InChI is InChI=1S/C17H16ClNO3S2/c1-24(21,22)11-12-3-2-4-13(9-12)17(20)19-7-8-23-16-6-5-14(18)10-15(16)19/h2-6,9-10H,7-8,11H2,1H3. The van der Waals surface area contributed by atoms with Crippen LogP contribution in [0, 0.1) is 0 Å². The summed E-state index contributed by atoms with van der Waals surface area (Å²) in [6.45, 7) is 0.590. The summed E-state index contributed by atoms with van der Waals surface area (Å²) >= 11 is 7.77. The van der Waals surface area contributed by atoms with Gasteiger partial charge in [0.25, 0.3) is 5.91 Å². The highest BCUT2D eigenvalue weighted by Crippen LogP contribution is 2.37. The molecule has 0 saturated heterocycles. The van der Waals surface area contributed by atoms with Gasteiger partial charge in [-0.25, -0.2) is 8.42 Å². The summed E-state index contributed by atoms with van der Waals surface area (Å²) in [6, 6.07) is 12.3. The number of nitrogens with zero attached hydrogens (tertiary/aromatic N) is 1. The first-order valence-corrected chi connectivity index (χ1v) is 10.8. The van der Waals surface area contributed by atoms with Crippen molar-refractivity contribution in [1.82, 2.24) is 0 Å². The van der Waals surface area contributed by atoms with Gasteiger partial charge in [0.2, 0.25) is 0 Å². The molecule has 3 rings (SSSR count). The van der Waals surface area contributed by atoms with Crippen molar-refractivity contribution >= 4 is 44.8 Å². The minimum absolute atomic E-state index is 0.0770. The maximum atomic E-state index is 12.9. The Hall–Kier alpha value is -1.50. The van der Waals surface area contributed by atoms with E-state index < -0.39 is 9.84 Å². The van der Waals surface area contributed by atoms with Gasteiger partial charge >= 0.3 is 0 Å². The summed E-state index contributed by atoms with van der Waals surface area (Å²) in [5.41, 5.74) is 1.90. The molecule has 1 heterocycles. The highest BCUT2D eigenvalue weighted by Gasteiger charge is 2.24. The van der Waals surface area contributed by atoms with Crippen LogP contribution in [0.1, 0.15) is 15.9 Å². The molecule has 7 heteroatoms. The fourth-order valence-electron chi connectivity index (χ4n) is 2.65. The van der Waals surface area contributed by atoms with Crippen LogP contribution in [0.4, 0.5) is 5.69 Å². The van der Waals surface area contributed by atoms with Gasteiger partial charge in [-0.3, -0.25) is 4.79 Å². The summed E-state index contributed by atoms with van der Waals surface area (Å²) in [5, 5.41) is 0.583. The van der Waals surface area contributed by atoms with Gasteiger partial charge in [0.15, 0.2) is 9.84 Å². The van der Waals surface area contributed by atoms with Crippen molar-refractivity contribution in [3.8, 4) is 0 Å². The van der Waals surface area contributed by atoms with Crippen LogP contribution in [0.2, 0.25) is 5.02 Å². The van der Waals surface area contributed by atoms with E-state index in [-0.39, 0.29) is 11.7 Å². The third kappa shape index (κ3) is 3.94. The number of benzene rings is 2. The van der Waals surface area contributed by atoms with Crippen LogP contribution in [0.3, 0.4) is 0 Å². The average Bonchev–Trinajstić information content (AvgIpc) is 2.52. The predicted octanol–water partition coefficient (Wildman–Crippen LogP) is 3.64. The van der Waals surface area contributed by atoms with Gasteiger partial charge in [-0.2, -0.15) is 0 Å². The molecule has 0 N–H and O–H groups in total. The highest BCUT2D eigenvalue weighted by atomic mass is 35.5. The fourth-order valence-corrected chi connectivity index (χ4v) is 4.58. The Balaban J connectivity index is 1.94. The molecule has 0 atom stereocenters. The minimum Gasteiger partial charge on any atom is -0.306 e. The van der Waals surface area contributed by atoms with Crippen LogP contribution in [0.5, 0.6) is 0 Å². The van der Waals surface area contributed by atoms with E-state index in [0.29, 0.717) is 22.7 Å². The molecule has 4 nitrogen and oxygen atoms in total. The highest BCUT2D eigenvalue weighted by molar-refractivity contribution is 7.99. The lowest BCUT2D eigenvalue weighted by atomic mass is 10.1. The van der Waals surface area contributed by atoms with Crippen LogP contribution < -0.4 is 4.90 Å². The molecule has 0 radical (unpaired) electrons. The topological polar surface area (TPSA) is 54.5 Å². The number of sulfone groups is 1. The van der Waals surface area contributed by atoms with Crippen molar-refractivity contribution < 1.29 is 13.2 Å². The quantitative estimate of drug-likeness (QED) is 0.814. The van der Waals surface area contributed by atoms with Gasteiger partial charge in [0.1, 0.15) is 0 Å². The van der Waals surface area contributed by atoms with Crippen LogP contribution in [0.15, 0.2) is 47.4 Å². The number of thioether (sulfide) groups is 1. The molecule has 2 aromatic carbocycles. The zero-order valence-corrected chi connectivity index (χ0v) is 15.4. The Labute approximate surface area is 150 Å². The molecule has 0 spiro atoms. The van der Waals surface area contributed by atoms with Gasteiger partial charge in [-0.1, -0.05) is 23.7 Å². The van der Waals surface area contributed by atoms with Crippen molar-refractivity contribution in [2.45, 2.75) is 10.6 Å². The maximum Gasteiger partial charge on any atom is 0.258 e. The van der Waals surface area contributed by atoms with Crippen molar-refractivity contribution in [2.24, 2.45) is 0 Å². The lowest BCUT2D eigenvalue weighted by Crippen LogP contribution is -2.35. The predicted molar refractivity (Wildman–Crippen MR) is 98.8 cm³/mol. The number of amides is 1. The number of carbonyl (C=O) groups is 1. The summed E-state index contributed by atoms with van der Waals surface area (Å²) in [7, 11) is -3.14. The monoisotopic (exact) mass is 381 g/mol. The number of carbonyl (C=O) groups excluding carboxylic acids is 1. The van der Waals surface area contributed by atoms with Gasteiger partial charge < -0.3 is 4.90 Å². The molecule has 126 valence electrons. The Morgan fingerprint density at radius 3 is 2.79 bits per heavy atom. The van der Waals surface area contributed by atoms with Crippen molar-refractivity contribution in [1.29, 1.82) is 0 Å². The van der Waals surface area contributed by atoms with Gasteiger partial charge in [-0.05, 0) is 35.9 Å². The molecule has 0 bridgehead atoms. The van der Waals surface area contributed by atoms with E-state index >= 15 is 0 Å². The Morgan fingerprint density at radius 2 is 2.04 bits per heavy atom. The molecule has 0 fully saturated rings. The lowest BCUT2D eigenvalue weighted by Gasteiger charge is -2.29. The van der Waals surface area contributed by atoms with Crippen molar-refractivity contribution in [3.05, 3.63) is 58.6 Å². The lowest BCUT2D eigenvalue weighted by molar-refractivity contribution is 0.0987. The third-order valence-electron chi connectivity index (χ3n) is 3.63. The van der Waals surface area contributed by atoms with Crippen LogP contribution in [-0.2, 0) is 15.6 Å². The molecule has 0 aromatic heterocycles. The summed E-state index contributed by atoms with van der Waals surface area (Å²) < 4.78 is 22.9. The first-order chi connectivity index (χ1) is 11.3. The number of hydrogen-bond acceptors (Lipinski definition) is 4. The zero-order chi connectivity index (χ0) is 17.3. The molecule has 0 aliphatic carbocycles. The van der Waals surface area contributed by atoms with E-state index in [9.17, 15) is 13.2 Å². The molecule has 0 unspecified atom stereocenters. The third-order valence-corrected chi connectivity index (χ3v) is 5.77. The SMILES string of the molecule is CS(=O)(=O)Cc1cccc(C(=O)N2CCSc3ccc(Cl)cc32)c1. The molecule has 1 amide bonds. The van der Waals surface area contributed by atoms with Crippen LogP contribution >= 0.6 is 23.4 Å². The fraction of sp³-hybridized carbons (Fsp3) is 0.235. The molecular formula is C17H16ClNO3S2. The molecular weight excluding hydrogens is 366 g/mol. The second-order valence-electron chi connectivity index (χ2n) is 5.69. The second kappa shape index (κ2) is 6.78. The first-order valence-electron chi connectivity index (χ1n) is 7.34. The van der Waals surface area contributed by atoms with E-state index in [1.165, 1.54) is 6.26 Å². The maximum absolute atomic E-state index is 12.9. The molecule has 24 heavy (non-hydrogen) atoms. The number of hydrogen-bond donors (Lipinski definition) is 0. The smallest absolute Gasteiger partial charge is 0.258 e. The van der Waals surface area contributed by atoms with E-state index in [1.807, 2.05) is 12.1 Å². The molecule has 2 aromatic rings. The number of halogens is 1. The van der Waals surface area contributed by atoms with Crippen molar-refractivity contribution in [2.75, 3.05) is 23.5 Å². The van der Waals surface area contributed by atoms with E-state index in [0.717, 1.165) is 16.3 Å². The Bertz CT molecular complexity index is 896. The van der Waals surface area contributed by atoms with Crippen LogP contribution in [-0.4, -0.2) is 32.9 Å². The summed E-state index contributed by atoms with van der Waals surface area (Å²) in [6.07, 6.45) is 1.18. The zero-order valence-electron chi connectivity index (χ0n) is 13.0. The molecule has 1 aliphatic rings. The molecule has 1 aliphatic heterocycles. The number of anilines is 1. The molecule has 0 saturated carbocycles. The summed E-state index contributed by atoms with van der Waals surface area (Å²) in [4.78, 5) is 15.6. The Morgan fingerprint density at radius 1 is 1.25 bits per heavy atom. The first kappa shape index (κ1) is 17.3. The van der Waals surface area contributed by atoms with Gasteiger partial charge in [0.05, 0.1) is 11.4 Å². The summed E-state index contributed by atoms with van der Waals surface area (Å²) in [5.74, 6) is 0.588. The minimum atomic E-state index is -3.14. The van der Waals surface area contributed by atoms with Crippen molar-refractivity contribution in [3.63, 3.8) is 0 Å². The van der Waals surface area contributed by atoms with Gasteiger partial charge in [-0.15, -0.1) is 11.8 Å². The van der Waals surface area contributed by atoms with E-state index in [1.54, 1.807) is 47.0 Å². The largest absolute Gasteiger partial charge is 0.306 e. The van der Waals surface area contributed by atoms with Crippen LogP contribution in [0.25, 0.3) is 0 Å². The normalized spacial score (nSPS) is 14.3. The Kier molecular flexibility index (Phi) is 4.90.